The van der Waals surface area contributed by atoms with Crippen molar-refractivity contribution in [2.75, 3.05) is 6.54 Å². The van der Waals surface area contributed by atoms with Crippen molar-refractivity contribution in [3.8, 4) is 0 Å². The van der Waals surface area contributed by atoms with Crippen LogP contribution in [0.25, 0.3) is 0 Å². The van der Waals surface area contributed by atoms with Crippen LogP contribution in [0, 0.1) is 6.92 Å². The van der Waals surface area contributed by atoms with Gasteiger partial charge in [0.25, 0.3) is 0 Å². The largest absolute Gasteiger partial charge is 0.308 e. The lowest BCUT2D eigenvalue weighted by Gasteiger charge is -2.18. The van der Waals surface area contributed by atoms with Gasteiger partial charge in [-0.3, -0.25) is 4.98 Å². The van der Waals surface area contributed by atoms with E-state index in [1.54, 1.807) is 6.20 Å². The summed E-state index contributed by atoms with van der Waals surface area (Å²) in [5.41, 5.74) is 3.67. The van der Waals surface area contributed by atoms with E-state index in [1.807, 2.05) is 12.1 Å². The number of nitrogens with one attached hydrogen (secondary N) is 1. The molecule has 0 bridgehead atoms. The van der Waals surface area contributed by atoms with Gasteiger partial charge in [0.1, 0.15) is 0 Å². The molecule has 1 aromatic carbocycles. The average Bonchev–Trinajstić information content (AvgIpc) is 2.44. The molecule has 0 spiro atoms. The van der Waals surface area contributed by atoms with Gasteiger partial charge in [-0.2, -0.15) is 0 Å². The highest BCUT2D eigenvalue weighted by molar-refractivity contribution is 6.30. The first-order valence-corrected chi connectivity index (χ1v) is 7.47. The lowest BCUT2D eigenvalue weighted by atomic mass is 10.0. The van der Waals surface area contributed by atoms with Crippen molar-refractivity contribution in [2.45, 2.75) is 32.7 Å². The van der Waals surface area contributed by atoms with Gasteiger partial charge in [0.15, 0.2) is 0 Å². The van der Waals surface area contributed by atoms with Gasteiger partial charge in [0.2, 0.25) is 0 Å². The Bertz CT molecular complexity index is 537. The first kappa shape index (κ1) is 15.0. The molecule has 0 saturated heterocycles. The van der Waals surface area contributed by atoms with Crippen LogP contribution in [0.2, 0.25) is 5.02 Å². The minimum Gasteiger partial charge on any atom is -0.308 e. The third kappa shape index (κ3) is 4.32. The summed E-state index contributed by atoms with van der Waals surface area (Å²) in [6.07, 6.45) is 3.77. The molecule has 2 rings (SSSR count). The van der Waals surface area contributed by atoms with E-state index in [0.717, 1.165) is 25.1 Å². The molecule has 1 unspecified atom stereocenters. The summed E-state index contributed by atoms with van der Waals surface area (Å²) in [4.78, 5) is 4.46. The summed E-state index contributed by atoms with van der Waals surface area (Å²) in [6, 6.07) is 12.8. The molecule has 2 nitrogen and oxygen atoms in total. The second-order valence-corrected chi connectivity index (χ2v) is 5.54. The monoisotopic (exact) mass is 288 g/mol. The molecule has 106 valence electrons. The molecule has 0 amide bonds. The Hall–Kier alpha value is -1.38. The molecule has 1 heterocycles. The Morgan fingerprint density at radius 3 is 2.75 bits per heavy atom. The molecular formula is C17H21ClN2. The van der Waals surface area contributed by atoms with Crippen LogP contribution < -0.4 is 5.32 Å². The molecule has 3 heteroatoms. The zero-order chi connectivity index (χ0) is 14.4. The molecule has 2 aromatic rings. The van der Waals surface area contributed by atoms with Gasteiger partial charge >= 0.3 is 0 Å². The molecule has 20 heavy (non-hydrogen) atoms. The molecule has 0 saturated carbocycles. The quantitative estimate of drug-likeness (QED) is 0.856. The molecule has 0 aliphatic rings. The molecule has 1 atom stereocenters. The standard InChI is InChI=1S/C17H21ClN2/c1-3-9-19-17(16-8-7-15(18)12-20-16)11-14-6-4-5-13(2)10-14/h4-8,10,12,17,19H,3,9,11H2,1-2H3. The summed E-state index contributed by atoms with van der Waals surface area (Å²) in [5, 5.41) is 4.25. The Balaban J connectivity index is 2.16. The van der Waals surface area contributed by atoms with Gasteiger partial charge in [0, 0.05) is 6.20 Å². The lowest BCUT2D eigenvalue weighted by Crippen LogP contribution is -2.25. The molecule has 0 fully saturated rings. The SMILES string of the molecule is CCCNC(Cc1cccc(C)c1)c1ccc(Cl)cn1. The van der Waals surface area contributed by atoms with Gasteiger partial charge < -0.3 is 5.32 Å². The summed E-state index contributed by atoms with van der Waals surface area (Å²) < 4.78 is 0. The fourth-order valence-corrected chi connectivity index (χ4v) is 2.38. The number of hydrogen-bond acceptors (Lipinski definition) is 2. The highest BCUT2D eigenvalue weighted by Crippen LogP contribution is 2.19. The van der Waals surface area contributed by atoms with Gasteiger partial charge in [-0.05, 0) is 44.0 Å². The second kappa shape index (κ2) is 7.41. The maximum absolute atomic E-state index is 5.92. The van der Waals surface area contributed by atoms with Crippen molar-refractivity contribution in [3.05, 3.63) is 64.4 Å². The topological polar surface area (TPSA) is 24.9 Å². The predicted molar refractivity (Wildman–Crippen MR) is 85.2 cm³/mol. The third-order valence-corrected chi connectivity index (χ3v) is 3.49. The highest BCUT2D eigenvalue weighted by atomic mass is 35.5. The van der Waals surface area contributed by atoms with Gasteiger partial charge in [0.05, 0.1) is 16.8 Å². The van der Waals surface area contributed by atoms with Crippen molar-refractivity contribution >= 4 is 11.6 Å². The van der Waals surface area contributed by atoms with Crippen LogP contribution in [0.1, 0.15) is 36.2 Å². The van der Waals surface area contributed by atoms with Gasteiger partial charge in [-0.15, -0.1) is 0 Å². The number of aromatic nitrogens is 1. The van der Waals surface area contributed by atoms with Crippen LogP contribution in [0.3, 0.4) is 0 Å². The summed E-state index contributed by atoms with van der Waals surface area (Å²) in [7, 11) is 0. The Morgan fingerprint density at radius 2 is 2.10 bits per heavy atom. The van der Waals surface area contributed by atoms with Crippen LogP contribution in [0.5, 0.6) is 0 Å². The maximum Gasteiger partial charge on any atom is 0.0589 e. The average molecular weight is 289 g/mol. The highest BCUT2D eigenvalue weighted by Gasteiger charge is 2.13. The first-order valence-electron chi connectivity index (χ1n) is 7.09. The minimum absolute atomic E-state index is 0.231. The fourth-order valence-electron chi connectivity index (χ4n) is 2.27. The third-order valence-electron chi connectivity index (χ3n) is 3.27. The summed E-state index contributed by atoms with van der Waals surface area (Å²) in [5.74, 6) is 0. The van der Waals surface area contributed by atoms with Crippen LogP contribution in [0.15, 0.2) is 42.6 Å². The normalized spacial score (nSPS) is 12.3. The zero-order valence-electron chi connectivity index (χ0n) is 12.1. The van der Waals surface area contributed by atoms with Crippen LogP contribution >= 0.6 is 11.6 Å². The fraction of sp³-hybridized carbons (Fsp3) is 0.353. The second-order valence-electron chi connectivity index (χ2n) is 5.10. The van der Waals surface area contributed by atoms with E-state index in [9.17, 15) is 0 Å². The number of nitrogens with zero attached hydrogens (tertiary/aromatic N) is 1. The van der Waals surface area contributed by atoms with E-state index < -0.39 is 0 Å². The van der Waals surface area contributed by atoms with Crippen molar-refractivity contribution in [3.63, 3.8) is 0 Å². The first-order chi connectivity index (χ1) is 9.69. The number of halogens is 1. The lowest BCUT2D eigenvalue weighted by molar-refractivity contribution is 0.518. The van der Waals surface area contributed by atoms with Crippen molar-refractivity contribution in [1.29, 1.82) is 0 Å². The molecule has 1 aromatic heterocycles. The van der Waals surface area contributed by atoms with Gasteiger partial charge in [-0.25, -0.2) is 0 Å². The van der Waals surface area contributed by atoms with Crippen molar-refractivity contribution < 1.29 is 0 Å². The van der Waals surface area contributed by atoms with E-state index in [1.165, 1.54) is 11.1 Å². The molecule has 0 radical (unpaired) electrons. The minimum atomic E-state index is 0.231. The van der Waals surface area contributed by atoms with Crippen molar-refractivity contribution in [1.82, 2.24) is 10.3 Å². The number of aryl methyl sites for hydroxylation is 1. The Labute approximate surface area is 126 Å². The summed E-state index contributed by atoms with van der Waals surface area (Å²) in [6.45, 7) is 5.28. The molecule has 1 N–H and O–H groups in total. The van der Waals surface area contributed by atoms with E-state index in [-0.39, 0.29) is 6.04 Å². The molecule has 0 aliphatic heterocycles. The molecular weight excluding hydrogens is 268 g/mol. The zero-order valence-corrected chi connectivity index (χ0v) is 12.8. The van der Waals surface area contributed by atoms with E-state index in [4.69, 9.17) is 11.6 Å². The van der Waals surface area contributed by atoms with E-state index in [2.05, 4.69) is 48.4 Å². The smallest absolute Gasteiger partial charge is 0.0589 e. The Kier molecular flexibility index (Phi) is 5.57. The number of pyridine rings is 1. The van der Waals surface area contributed by atoms with Crippen LogP contribution in [-0.2, 0) is 6.42 Å². The van der Waals surface area contributed by atoms with E-state index in [0.29, 0.717) is 5.02 Å². The maximum atomic E-state index is 5.92. The summed E-state index contributed by atoms with van der Waals surface area (Å²) >= 11 is 5.92. The Morgan fingerprint density at radius 1 is 1.25 bits per heavy atom. The molecule has 0 aliphatic carbocycles. The van der Waals surface area contributed by atoms with Crippen molar-refractivity contribution in [2.24, 2.45) is 0 Å². The number of benzene rings is 1. The van der Waals surface area contributed by atoms with Crippen LogP contribution in [-0.4, -0.2) is 11.5 Å². The predicted octanol–water partition coefficient (Wildman–Crippen LogP) is 4.33. The van der Waals surface area contributed by atoms with Gasteiger partial charge in [-0.1, -0.05) is 48.4 Å². The number of hydrogen-bond donors (Lipinski definition) is 1. The number of rotatable bonds is 6. The van der Waals surface area contributed by atoms with E-state index >= 15 is 0 Å². The van der Waals surface area contributed by atoms with Crippen LogP contribution in [0.4, 0.5) is 0 Å².